The van der Waals surface area contributed by atoms with Gasteiger partial charge in [0.1, 0.15) is 0 Å². The molecular formula is C20H35NO2S. The van der Waals surface area contributed by atoms with Gasteiger partial charge in [-0.2, -0.15) is 0 Å². The lowest BCUT2D eigenvalue weighted by molar-refractivity contribution is 0.552. The molecule has 138 valence electrons. The van der Waals surface area contributed by atoms with Crippen LogP contribution in [0.15, 0.2) is 24.3 Å². The van der Waals surface area contributed by atoms with Crippen molar-refractivity contribution in [1.82, 2.24) is 5.32 Å². The zero-order chi connectivity index (χ0) is 18.1. The van der Waals surface area contributed by atoms with E-state index in [1.807, 2.05) is 0 Å². The number of unbranched alkanes of at least 4 members (excludes halogenated alkanes) is 3. The van der Waals surface area contributed by atoms with Gasteiger partial charge in [0.25, 0.3) is 0 Å². The van der Waals surface area contributed by atoms with Gasteiger partial charge >= 0.3 is 0 Å². The zero-order valence-electron chi connectivity index (χ0n) is 15.9. The van der Waals surface area contributed by atoms with E-state index in [1.165, 1.54) is 30.4 Å². The fourth-order valence-corrected chi connectivity index (χ4v) is 3.66. The van der Waals surface area contributed by atoms with Gasteiger partial charge in [0, 0.05) is 6.54 Å². The Labute approximate surface area is 149 Å². The predicted molar refractivity (Wildman–Crippen MR) is 104 cm³/mol. The van der Waals surface area contributed by atoms with Gasteiger partial charge in [-0.25, -0.2) is 8.42 Å². The third kappa shape index (κ3) is 7.80. The van der Waals surface area contributed by atoms with E-state index < -0.39 is 14.6 Å². The highest BCUT2D eigenvalue weighted by atomic mass is 32.2. The van der Waals surface area contributed by atoms with Crippen molar-refractivity contribution >= 4 is 9.84 Å². The predicted octanol–water partition coefficient (Wildman–Crippen LogP) is 4.50. The lowest BCUT2D eigenvalue weighted by Gasteiger charge is -2.18. The van der Waals surface area contributed by atoms with Crippen LogP contribution in [0.1, 0.15) is 70.9 Å². The number of hydrogen-bond donors (Lipinski definition) is 1. The van der Waals surface area contributed by atoms with Gasteiger partial charge in [-0.1, -0.05) is 44.0 Å². The van der Waals surface area contributed by atoms with Crippen LogP contribution < -0.4 is 5.32 Å². The maximum atomic E-state index is 12.0. The highest BCUT2D eigenvalue weighted by molar-refractivity contribution is 7.92. The summed E-state index contributed by atoms with van der Waals surface area (Å²) in [5.74, 6) is 0.301. The molecule has 0 saturated carbocycles. The van der Waals surface area contributed by atoms with Crippen LogP contribution in [0, 0.1) is 0 Å². The normalized spacial score (nSPS) is 12.5. The average Bonchev–Trinajstić information content (AvgIpc) is 2.52. The van der Waals surface area contributed by atoms with E-state index in [0.717, 1.165) is 32.4 Å². The third-order valence-corrected chi connectivity index (χ3v) is 7.06. The Morgan fingerprint density at radius 2 is 1.54 bits per heavy atom. The fourth-order valence-electron chi connectivity index (χ4n) is 2.46. The van der Waals surface area contributed by atoms with Gasteiger partial charge in [0.2, 0.25) is 0 Å². The smallest absolute Gasteiger partial charge is 0.155 e. The molecule has 0 spiro atoms. The quantitative estimate of drug-likeness (QED) is 0.596. The van der Waals surface area contributed by atoms with Crippen molar-refractivity contribution in [2.45, 2.75) is 77.5 Å². The van der Waals surface area contributed by atoms with Crippen molar-refractivity contribution < 1.29 is 8.42 Å². The first-order valence-corrected chi connectivity index (χ1v) is 10.9. The molecule has 0 aromatic heterocycles. The lowest BCUT2D eigenvalue weighted by Crippen LogP contribution is -2.30. The summed E-state index contributed by atoms with van der Waals surface area (Å²) in [6.07, 6.45) is 6.39. The monoisotopic (exact) mass is 353 g/mol. The Balaban J connectivity index is 2.14. The number of benzene rings is 1. The minimum Gasteiger partial charge on any atom is -0.313 e. The standard InChI is InChI=1S/C20H35NO2S/c1-5-6-10-18-11-13-19(14-12-18)17-21-15-8-7-9-16-24(22,23)20(2,3)4/h11-14,21H,5-10,15-17H2,1-4H3. The molecule has 0 aliphatic carbocycles. The number of rotatable bonds is 11. The molecule has 0 aliphatic heterocycles. The van der Waals surface area contributed by atoms with E-state index in [2.05, 4.69) is 36.5 Å². The number of nitrogens with one attached hydrogen (secondary N) is 1. The van der Waals surface area contributed by atoms with Crippen molar-refractivity contribution in [3.8, 4) is 0 Å². The summed E-state index contributed by atoms with van der Waals surface area (Å²) in [5, 5.41) is 3.44. The van der Waals surface area contributed by atoms with Gasteiger partial charge in [-0.3, -0.25) is 0 Å². The summed E-state index contributed by atoms with van der Waals surface area (Å²) in [7, 11) is -2.96. The first kappa shape index (κ1) is 21.2. The Hall–Kier alpha value is -0.870. The average molecular weight is 354 g/mol. The summed E-state index contributed by atoms with van der Waals surface area (Å²) >= 11 is 0. The Morgan fingerprint density at radius 1 is 0.917 bits per heavy atom. The van der Waals surface area contributed by atoms with E-state index >= 15 is 0 Å². The minimum absolute atomic E-state index is 0.301. The van der Waals surface area contributed by atoms with Crippen LogP contribution in [0.5, 0.6) is 0 Å². The second kappa shape index (κ2) is 10.2. The molecule has 0 fully saturated rings. The van der Waals surface area contributed by atoms with E-state index in [1.54, 1.807) is 20.8 Å². The Kier molecular flexibility index (Phi) is 8.99. The number of sulfone groups is 1. The Morgan fingerprint density at radius 3 is 2.12 bits per heavy atom. The summed E-state index contributed by atoms with van der Waals surface area (Å²) in [6.45, 7) is 9.37. The zero-order valence-corrected chi connectivity index (χ0v) is 16.7. The molecule has 0 bridgehead atoms. The van der Waals surface area contributed by atoms with Crippen molar-refractivity contribution in [1.29, 1.82) is 0 Å². The SMILES string of the molecule is CCCCc1ccc(CNCCCCCS(=O)(=O)C(C)(C)C)cc1. The molecule has 1 aromatic carbocycles. The van der Waals surface area contributed by atoms with Crippen molar-refractivity contribution in [2.24, 2.45) is 0 Å². The van der Waals surface area contributed by atoms with Crippen molar-refractivity contribution in [2.75, 3.05) is 12.3 Å². The first-order valence-electron chi connectivity index (χ1n) is 9.27. The van der Waals surface area contributed by atoms with Crippen LogP contribution in [0.2, 0.25) is 0 Å². The van der Waals surface area contributed by atoms with Gasteiger partial charge in [-0.05, 0) is 64.1 Å². The molecule has 1 aromatic rings. The number of aryl methyl sites for hydroxylation is 1. The molecule has 4 heteroatoms. The van der Waals surface area contributed by atoms with E-state index in [9.17, 15) is 8.42 Å². The fraction of sp³-hybridized carbons (Fsp3) is 0.700. The summed E-state index contributed by atoms with van der Waals surface area (Å²) in [6, 6.07) is 8.86. The van der Waals surface area contributed by atoms with Gasteiger partial charge in [0.15, 0.2) is 9.84 Å². The minimum atomic E-state index is -2.96. The molecule has 0 heterocycles. The van der Waals surface area contributed by atoms with Crippen LogP contribution in [0.4, 0.5) is 0 Å². The van der Waals surface area contributed by atoms with Crippen LogP contribution >= 0.6 is 0 Å². The molecule has 1 N–H and O–H groups in total. The highest BCUT2D eigenvalue weighted by Crippen LogP contribution is 2.17. The Bertz CT molecular complexity index is 556. The van der Waals surface area contributed by atoms with E-state index in [4.69, 9.17) is 0 Å². The molecule has 24 heavy (non-hydrogen) atoms. The summed E-state index contributed by atoms with van der Waals surface area (Å²) in [4.78, 5) is 0. The molecule has 1 rings (SSSR count). The second-order valence-electron chi connectivity index (χ2n) is 7.59. The third-order valence-electron chi connectivity index (χ3n) is 4.37. The van der Waals surface area contributed by atoms with Crippen molar-refractivity contribution in [3.05, 3.63) is 35.4 Å². The second-order valence-corrected chi connectivity index (χ2v) is 10.5. The molecule has 0 unspecified atom stereocenters. The van der Waals surface area contributed by atoms with Gasteiger partial charge in [0.05, 0.1) is 10.5 Å². The molecular weight excluding hydrogens is 318 g/mol. The maximum Gasteiger partial charge on any atom is 0.155 e. The molecule has 3 nitrogen and oxygen atoms in total. The molecule has 0 aliphatic rings. The van der Waals surface area contributed by atoms with Crippen LogP contribution in [-0.4, -0.2) is 25.5 Å². The van der Waals surface area contributed by atoms with Crippen LogP contribution in [-0.2, 0) is 22.8 Å². The van der Waals surface area contributed by atoms with Crippen LogP contribution in [0.25, 0.3) is 0 Å². The lowest BCUT2D eigenvalue weighted by atomic mass is 10.1. The van der Waals surface area contributed by atoms with Gasteiger partial charge in [-0.15, -0.1) is 0 Å². The number of hydrogen-bond acceptors (Lipinski definition) is 3. The summed E-state index contributed by atoms with van der Waals surface area (Å²) in [5.41, 5.74) is 2.73. The van der Waals surface area contributed by atoms with Crippen LogP contribution in [0.3, 0.4) is 0 Å². The highest BCUT2D eigenvalue weighted by Gasteiger charge is 2.27. The van der Waals surface area contributed by atoms with E-state index in [0.29, 0.717) is 5.75 Å². The molecule has 0 atom stereocenters. The molecule has 0 saturated heterocycles. The topological polar surface area (TPSA) is 46.2 Å². The van der Waals surface area contributed by atoms with E-state index in [-0.39, 0.29) is 0 Å². The molecule has 0 amide bonds. The summed E-state index contributed by atoms with van der Waals surface area (Å²) < 4.78 is 23.4. The maximum absolute atomic E-state index is 12.0. The largest absolute Gasteiger partial charge is 0.313 e. The molecule has 0 radical (unpaired) electrons. The first-order chi connectivity index (χ1) is 11.3. The van der Waals surface area contributed by atoms with Gasteiger partial charge < -0.3 is 5.32 Å². The van der Waals surface area contributed by atoms with Crippen molar-refractivity contribution in [3.63, 3.8) is 0 Å².